The molecule has 1 heterocycles. The van der Waals surface area contributed by atoms with E-state index in [1.165, 1.54) is 0 Å². The smallest absolute Gasteiger partial charge is 0.161 e. The molecule has 1 aromatic rings. The number of aliphatic hydroxyl groups is 1. The van der Waals surface area contributed by atoms with Crippen molar-refractivity contribution in [1.82, 2.24) is 0 Å². The van der Waals surface area contributed by atoms with Crippen LogP contribution in [0.15, 0.2) is 18.2 Å². The van der Waals surface area contributed by atoms with Crippen LogP contribution in [0.4, 0.5) is 0 Å². The van der Waals surface area contributed by atoms with E-state index < -0.39 is 11.7 Å². The number of ether oxygens (including phenoxy) is 3. The van der Waals surface area contributed by atoms with E-state index in [1.54, 1.807) is 0 Å². The van der Waals surface area contributed by atoms with Gasteiger partial charge < -0.3 is 19.3 Å². The van der Waals surface area contributed by atoms with Gasteiger partial charge in [-0.05, 0) is 38.5 Å². The van der Waals surface area contributed by atoms with Gasteiger partial charge in [-0.15, -0.1) is 0 Å². The highest BCUT2D eigenvalue weighted by atomic mass is 16.5. The molecular formula is C15H22O4. The van der Waals surface area contributed by atoms with Gasteiger partial charge in [-0.3, -0.25) is 0 Å². The Morgan fingerprint density at radius 2 is 1.95 bits per heavy atom. The number of hydrogen-bond acceptors (Lipinski definition) is 4. The van der Waals surface area contributed by atoms with Gasteiger partial charge in [0.1, 0.15) is 6.10 Å². The maximum Gasteiger partial charge on any atom is 0.161 e. The third-order valence-electron chi connectivity index (χ3n) is 3.26. The zero-order chi connectivity index (χ0) is 13.9. The zero-order valence-corrected chi connectivity index (χ0v) is 11.8. The molecule has 1 unspecified atom stereocenters. The van der Waals surface area contributed by atoms with Gasteiger partial charge in [0, 0.05) is 13.0 Å². The molecule has 0 aromatic heterocycles. The summed E-state index contributed by atoms with van der Waals surface area (Å²) in [6, 6.07) is 5.55. The van der Waals surface area contributed by atoms with Gasteiger partial charge in [-0.25, -0.2) is 0 Å². The molecule has 0 radical (unpaired) electrons. The van der Waals surface area contributed by atoms with Crippen LogP contribution < -0.4 is 9.47 Å². The molecule has 0 bridgehead atoms. The summed E-state index contributed by atoms with van der Waals surface area (Å²) < 4.78 is 16.8. The molecule has 19 heavy (non-hydrogen) atoms. The van der Waals surface area contributed by atoms with Crippen molar-refractivity contribution in [2.45, 2.75) is 38.9 Å². The Hall–Kier alpha value is -1.26. The Morgan fingerprint density at radius 3 is 2.63 bits per heavy atom. The molecule has 0 aliphatic carbocycles. The Kier molecular flexibility index (Phi) is 4.32. The standard InChI is InChI=1S/C15H22O4/c1-4-19-15(2,3)14(16)11-6-7-12-13(10-11)18-9-5-8-17-12/h6-7,10,14,16H,4-5,8-9H2,1-3H3. The van der Waals surface area contributed by atoms with Gasteiger partial charge >= 0.3 is 0 Å². The topological polar surface area (TPSA) is 47.9 Å². The Bertz CT molecular complexity index is 428. The first-order chi connectivity index (χ1) is 9.04. The third-order valence-corrected chi connectivity index (χ3v) is 3.26. The second-order valence-electron chi connectivity index (χ2n) is 5.20. The van der Waals surface area contributed by atoms with Crippen molar-refractivity contribution in [1.29, 1.82) is 0 Å². The largest absolute Gasteiger partial charge is 0.490 e. The zero-order valence-electron chi connectivity index (χ0n) is 11.8. The average Bonchev–Trinajstić information content (AvgIpc) is 2.61. The first-order valence-corrected chi connectivity index (χ1v) is 6.76. The van der Waals surface area contributed by atoms with E-state index in [0.29, 0.717) is 25.6 Å². The van der Waals surface area contributed by atoms with Crippen molar-refractivity contribution in [3.8, 4) is 11.5 Å². The SMILES string of the molecule is CCOC(C)(C)C(O)c1ccc2c(c1)OCCCO2. The molecule has 1 atom stereocenters. The minimum Gasteiger partial charge on any atom is -0.490 e. The second kappa shape index (κ2) is 5.80. The highest BCUT2D eigenvalue weighted by Crippen LogP contribution is 2.36. The quantitative estimate of drug-likeness (QED) is 0.910. The summed E-state index contributed by atoms with van der Waals surface area (Å²) in [6.45, 7) is 7.55. The van der Waals surface area contributed by atoms with E-state index in [4.69, 9.17) is 14.2 Å². The van der Waals surface area contributed by atoms with E-state index in [2.05, 4.69) is 0 Å². The summed E-state index contributed by atoms with van der Waals surface area (Å²) in [6.07, 6.45) is 0.168. The average molecular weight is 266 g/mol. The first-order valence-electron chi connectivity index (χ1n) is 6.76. The van der Waals surface area contributed by atoms with Gasteiger partial charge in [0.2, 0.25) is 0 Å². The van der Waals surface area contributed by atoms with Crippen molar-refractivity contribution in [3.63, 3.8) is 0 Å². The highest BCUT2D eigenvalue weighted by Gasteiger charge is 2.30. The van der Waals surface area contributed by atoms with Crippen molar-refractivity contribution < 1.29 is 19.3 Å². The fourth-order valence-corrected chi connectivity index (χ4v) is 2.20. The van der Waals surface area contributed by atoms with Crippen LogP contribution in [-0.4, -0.2) is 30.5 Å². The van der Waals surface area contributed by atoms with E-state index in [9.17, 15) is 5.11 Å². The number of aliphatic hydroxyl groups excluding tert-OH is 1. The molecule has 4 heteroatoms. The Balaban J connectivity index is 2.23. The van der Waals surface area contributed by atoms with Gasteiger partial charge in [-0.1, -0.05) is 6.07 Å². The van der Waals surface area contributed by atoms with Crippen LogP contribution in [0.2, 0.25) is 0 Å². The van der Waals surface area contributed by atoms with Crippen LogP contribution in [0.25, 0.3) is 0 Å². The molecule has 0 saturated carbocycles. The summed E-state index contributed by atoms with van der Waals surface area (Å²) >= 11 is 0. The van der Waals surface area contributed by atoms with Crippen LogP contribution in [0.1, 0.15) is 38.9 Å². The fourth-order valence-electron chi connectivity index (χ4n) is 2.20. The van der Waals surface area contributed by atoms with E-state index >= 15 is 0 Å². The maximum absolute atomic E-state index is 10.4. The lowest BCUT2D eigenvalue weighted by Gasteiger charge is -2.30. The van der Waals surface area contributed by atoms with Crippen LogP contribution >= 0.6 is 0 Å². The molecule has 0 fully saturated rings. The van der Waals surface area contributed by atoms with Crippen molar-refractivity contribution in [2.75, 3.05) is 19.8 Å². The predicted molar refractivity (Wildman–Crippen MR) is 72.7 cm³/mol. The number of fused-ring (bicyclic) bond motifs is 1. The van der Waals surface area contributed by atoms with E-state index in [1.807, 2.05) is 39.0 Å². The number of hydrogen-bond donors (Lipinski definition) is 1. The molecule has 0 spiro atoms. The molecule has 1 aromatic carbocycles. The lowest BCUT2D eigenvalue weighted by Crippen LogP contribution is -2.32. The fraction of sp³-hybridized carbons (Fsp3) is 0.600. The second-order valence-corrected chi connectivity index (χ2v) is 5.20. The van der Waals surface area contributed by atoms with E-state index in [0.717, 1.165) is 17.7 Å². The predicted octanol–water partition coefficient (Wildman–Crippen LogP) is 2.70. The molecular weight excluding hydrogens is 244 g/mol. The Labute approximate surface area is 114 Å². The highest BCUT2D eigenvalue weighted by molar-refractivity contribution is 5.44. The normalized spacial score (nSPS) is 16.8. The number of benzene rings is 1. The third kappa shape index (κ3) is 3.19. The monoisotopic (exact) mass is 266 g/mol. The summed E-state index contributed by atoms with van der Waals surface area (Å²) in [5, 5.41) is 10.4. The minimum atomic E-state index is -0.704. The lowest BCUT2D eigenvalue weighted by molar-refractivity contribution is -0.0983. The van der Waals surface area contributed by atoms with E-state index in [-0.39, 0.29) is 0 Å². The molecule has 4 nitrogen and oxygen atoms in total. The molecule has 1 aliphatic rings. The lowest BCUT2D eigenvalue weighted by atomic mass is 9.94. The van der Waals surface area contributed by atoms with Crippen molar-refractivity contribution >= 4 is 0 Å². The van der Waals surface area contributed by atoms with Crippen molar-refractivity contribution in [2.24, 2.45) is 0 Å². The van der Waals surface area contributed by atoms with Crippen LogP contribution in [0.3, 0.4) is 0 Å². The molecule has 0 saturated heterocycles. The van der Waals surface area contributed by atoms with Crippen LogP contribution in [0, 0.1) is 0 Å². The molecule has 1 aliphatic heterocycles. The molecule has 2 rings (SSSR count). The van der Waals surface area contributed by atoms with Gasteiger partial charge in [0.25, 0.3) is 0 Å². The summed E-state index contributed by atoms with van der Waals surface area (Å²) in [4.78, 5) is 0. The molecule has 1 N–H and O–H groups in total. The maximum atomic E-state index is 10.4. The van der Waals surface area contributed by atoms with Crippen molar-refractivity contribution in [3.05, 3.63) is 23.8 Å². The Morgan fingerprint density at radius 1 is 1.26 bits per heavy atom. The van der Waals surface area contributed by atoms with Gasteiger partial charge in [-0.2, -0.15) is 0 Å². The number of rotatable bonds is 4. The van der Waals surface area contributed by atoms with Crippen LogP contribution in [0.5, 0.6) is 11.5 Å². The van der Waals surface area contributed by atoms with Crippen LogP contribution in [-0.2, 0) is 4.74 Å². The summed E-state index contributed by atoms with van der Waals surface area (Å²) in [5.74, 6) is 1.43. The molecule has 106 valence electrons. The molecule has 0 amide bonds. The summed E-state index contributed by atoms with van der Waals surface area (Å²) in [5.41, 5.74) is 0.150. The first kappa shape index (κ1) is 14.2. The summed E-state index contributed by atoms with van der Waals surface area (Å²) in [7, 11) is 0. The van der Waals surface area contributed by atoms with Gasteiger partial charge in [0.05, 0.1) is 18.8 Å². The van der Waals surface area contributed by atoms with Gasteiger partial charge in [0.15, 0.2) is 11.5 Å². The minimum absolute atomic E-state index is 0.564.